The summed E-state index contributed by atoms with van der Waals surface area (Å²) in [6.45, 7) is 2.10. The van der Waals surface area contributed by atoms with Crippen molar-refractivity contribution in [3.05, 3.63) is 51.2 Å². The van der Waals surface area contributed by atoms with Crippen LogP contribution in [0.1, 0.15) is 18.5 Å². The number of halogens is 2. The average molecular weight is 369 g/mol. The summed E-state index contributed by atoms with van der Waals surface area (Å²) in [5.41, 5.74) is 3.10. The first-order valence-electron chi connectivity index (χ1n) is 6.04. The molecule has 0 aliphatic carbocycles. The van der Waals surface area contributed by atoms with Gasteiger partial charge in [0.2, 0.25) is 0 Å². The molecule has 3 nitrogen and oxygen atoms in total. The maximum atomic E-state index is 5.89. The van der Waals surface area contributed by atoms with Gasteiger partial charge >= 0.3 is 0 Å². The summed E-state index contributed by atoms with van der Waals surface area (Å²) in [5.74, 6) is 0. The molecule has 1 N–H and O–H groups in total. The number of hydrogen-bond donors (Lipinski definition) is 1. The lowest BCUT2D eigenvalue weighted by molar-refractivity contribution is 0.878. The van der Waals surface area contributed by atoms with Crippen LogP contribution in [0, 0.1) is 0 Å². The lowest BCUT2D eigenvalue weighted by Gasteiger charge is -2.15. The normalized spacial score (nSPS) is 12.6. The van der Waals surface area contributed by atoms with E-state index in [0.717, 1.165) is 21.2 Å². The molecule has 0 aliphatic heterocycles. The number of anilines is 1. The molecular formula is C14H11BrClN3S. The van der Waals surface area contributed by atoms with E-state index in [9.17, 15) is 0 Å². The van der Waals surface area contributed by atoms with Crippen molar-refractivity contribution in [3.63, 3.8) is 0 Å². The lowest BCUT2D eigenvalue weighted by atomic mass is 10.1. The van der Waals surface area contributed by atoms with E-state index >= 15 is 0 Å². The molecule has 0 amide bonds. The van der Waals surface area contributed by atoms with Gasteiger partial charge in [-0.1, -0.05) is 11.6 Å². The van der Waals surface area contributed by atoms with E-state index in [-0.39, 0.29) is 6.04 Å². The van der Waals surface area contributed by atoms with Crippen molar-refractivity contribution in [1.82, 2.24) is 9.97 Å². The Kier molecular flexibility index (Phi) is 3.92. The van der Waals surface area contributed by atoms with Crippen molar-refractivity contribution < 1.29 is 0 Å². The summed E-state index contributed by atoms with van der Waals surface area (Å²) in [5, 5.41) is 5.91. The predicted molar refractivity (Wildman–Crippen MR) is 88.6 cm³/mol. The summed E-state index contributed by atoms with van der Waals surface area (Å²) >= 11 is 11.0. The fourth-order valence-corrected chi connectivity index (χ4v) is 3.17. The molecule has 3 rings (SSSR count). The third kappa shape index (κ3) is 2.80. The summed E-state index contributed by atoms with van der Waals surface area (Å²) in [7, 11) is 0. The second kappa shape index (κ2) is 5.68. The van der Waals surface area contributed by atoms with E-state index in [1.807, 2.05) is 18.3 Å². The largest absolute Gasteiger partial charge is 0.377 e. The van der Waals surface area contributed by atoms with Gasteiger partial charge in [-0.25, -0.2) is 4.98 Å². The number of fused-ring (bicyclic) bond motifs is 1. The van der Waals surface area contributed by atoms with Gasteiger partial charge in [-0.3, -0.25) is 4.98 Å². The van der Waals surface area contributed by atoms with E-state index in [2.05, 4.69) is 49.6 Å². The van der Waals surface area contributed by atoms with E-state index in [0.29, 0.717) is 5.15 Å². The van der Waals surface area contributed by atoms with Crippen molar-refractivity contribution in [2.45, 2.75) is 13.0 Å². The fourth-order valence-electron chi connectivity index (χ4n) is 1.93. The Morgan fingerprint density at radius 2 is 2.15 bits per heavy atom. The van der Waals surface area contributed by atoms with Gasteiger partial charge in [0.05, 0.1) is 32.6 Å². The minimum absolute atomic E-state index is 0.142. The highest BCUT2D eigenvalue weighted by Crippen LogP contribution is 2.27. The van der Waals surface area contributed by atoms with Crippen LogP contribution in [0.25, 0.3) is 10.2 Å². The van der Waals surface area contributed by atoms with E-state index in [4.69, 9.17) is 11.6 Å². The number of pyridine rings is 2. The number of nitrogens with zero attached hydrogens (tertiary/aromatic N) is 2. The molecule has 0 saturated heterocycles. The lowest BCUT2D eigenvalue weighted by Crippen LogP contribution is -2.07. The quantitative estimate of drug-likeness (QED) is 0.639. The number of aromatic nitrogens is 2. The minimum atomic E-state index is 0.142. The van der Waals surface area contributed by atoms with Crippen molar-refractivity contribution in [2.75, 3.05) is 5.32 Å². The zero-order valence-electron chi connectivity index (χ0n) is 10.6. The minimum Gasteiger partial charge on any atom is -0.377 e. The molecule has 1 unspecified atom stereocenters. The monoisotopic (exact) mass is 367 g/mol. The second-order valence-electron chi connectivity index (χ2n) is 4.44. The summed E-state index contributed by atoms with van der Waals surface area (Å²) in [6, 6.07) is 6.26. The molecular weight excluding hydrogens is 358 g/mol. The van der Waals surface area contributed by atoms with Crippen molar-refractivity contribution >= 4 is 54.8 Å². The predicted octanol–water partition coefficient (Wildman–Crippen LogP) is 5.28. The van der Waals surface area contributed by atoms with Crippen molar-refractivity contribution in [3.8, 4) is 0 Å². The van der Waals surface area contributed by atoms with Gasteiger partial charge in [-0.15, -0.1) is 11.3 Å². The van der Waals surface area contributed by atoms with Crippen LogP contribution in [0.2, 0.25) is 5.15 Å². The second-order valence-corrected chi connectivity index (χ2v) is 6.60. The molecule has 0 aromatic carbocycles. The van der Waals surface area contributed by atoms with Crippen LogP contribution < -0.4 is 5.32 Å². The van der Waals surface area contributed by atoms with Crippen LogP contribution in [-0.2, 0) is 0 Å². The Balaban J connectivity index is 1.84. The number of hydrogen-bond acceptors (Lipinski definition) is 4. The molecule has 0 bridgehead atoms. The molecule has 1 atom stereocenters. The topological polar surface area (TPSA) is 37.8 Å². The first kappa shape index (κ1) is 13.8. The standard InChI is InChI=1S/C14H11BrClN3S/c1-8(19-10-5-11(15)14(16)18-7-10)9-4-13-12(17-6-9)2-3-20-13/h2-8,19H,1H3. The molecule has 0 aliphatic rings. The highest BCUT2D eigenvalue weighted by atomic mass is 79.9. The summed E-state index contributed by atoms with van der Waals surface area (Å²) in [6.07, 6.45) is 3.63. The molecule has 3 aromatic rings. The van der Waals surface area contributed by atoms with Gasteiger partial charge in [-0.05, 0) is 52.0 Å². The van der Waals surface area contributed by atoms with Crippen LogP contribution in [-0.4, -0.2) is 9.97 Å². The van der Waals surface area contributed by atoms with Crippen LogP contribution in [0.3, 0.4) is 0 Å². The Morgan fingerprint density at radius 1 is 1.30 bits per heavy atom. The molecule has 0 spiro atoms. The van der Waals surface area contributed by atoms with Gasteiger partial charge in [0, 0.05) is 6.20 Å². The fraction of sp³-hybridized carbons (Fsp3) is 0.143. The summed E-state index contributed by atoms with van der Waals surface area (Å²) in [4.78, 5) is 8.57. The first-order chi connectivity index (χ1) is 9.63. The molecule has 0 saturated carbocycles. The Bertz CT molecular complexity index is 759. The number of rotatable bonds is 3. The Hall–Kier alpha value is -1.17. The van der Waals surface area contributed by atoms with Gasteiger partial charge in [0.1, 0.15) is 5.15 Å². The molecule has 3 heterocycles. The van der Waals surface area contributed by atoms with Crippen molar-refractivity contribution in [2.24, 2.45) is 0 Å². The zero-order valence-corrected chi connectivity index (χ0v) is 13.8. The van der Waals surface area contributed by atoms with Gasteiger partial charge in [0.25, 0.3) is 0 Å². The van der Waals surface area contributed by atoms with Crippen molar-refractivity contribution in [1.29, 1.82) is 0 Å². The molecule has 3 aromatic heterocycles. The molecule has 0 fully saturated rings. The Morgan fingerprint density at radius 3 is 2.95 bits per heavy atom. The highest BCUT2D eigenvalue weighted by Gasteiger charge is 2.09. The van der Waals surface area contributed by atoms with Gasteiger partial charge in [-0.2, -0.15) is 0 Å². The third-order valence-corrected chi connectivity index (χ3v) is 4.99. The third-order valence-electron chi connectivity index (χ3n) is 3.00. The molecule has 6 heteroatoms. The number of nitrogens with one attached hydrogen (secondary N) is 1. The van der Waals surface area contributed by atoms with Crippen LogP contribution in [0.15, 0.2) is 40.4 Å². The van der Waals surface area contributed by atoms with Crippen LogP contribution in [0.5, 0.6) is 0 Å². The Labute approximate surface area is 134 Å². The molecule has 20 heavy (non-hydrogen) atoms. The van der Waals surface area contributed by atoms with E-state index < -0.39 is 0 Å². The molecule has 102 valence electrons. The van der Waals surface area contributed by atoms with E-state index in [1.165, 1.54) is 4.70 Å². The van der Waals surface area contributed by atoms with E-state index in [1.54, 1.807) is 17.5 Å². The van der Waals surface area contributed by atoms with Crippen LogP contribution in [0.4, 0.5) is 5.69 Å². The average Bonchev–Trinajstić information content (AvgIpc) is 2.90. The smallest absolute Gasteiger partial charge is 0.143 e. The first-order valence-corrected chi connectivity index (χ1v) is 8.09. The highest BCUT2D eigenvalue weighted by molar-refractivity contribution is 9.10. The van der Waals surface area contributed by atoms with Gasteiger partial charge in [0.15, 0.2) is 0 Å². The zero-order chi connectivity index (χ0) is 14.1. The van der Waals surface area contributed by atoms with Crippen LogP contribution >= 0.6 is 38.9 Å². The summed E-state index contributed by atoms with van der Waals surface area (Å²) < 4.78 is 1.98. The van der Waals surface area contributed by atoms with Gasteiger partial charge < -0.3 is 5.32 Å². The maximum absolute atomic E-state index is 5.89. The molecule has 0 radical (unpaired) electrons. The number of thiophene rings is 1. The maximum Gasteiger partial charge on any atom is 0.143 e. The SMILES string of the molecule is CC(Nc1cnc(Cl)c(Br)c1)c1cnc2ccsc2c1.